The molecule has 1 N–H and O–H groups in total. The number of pyridine rings is 1. The van der Waals surface area contributed by atoms with Crippen molar-refractivity contribution in [3.05, 3.63) is 35.7 Å². The molecule has 0 aliphatic carbocycles. The van der Waals surface area contributed by atoms with Crippen molar-refractivity contribution in [3.63, 3.8) is 0 Å². The summed E-state index contributed by atoms with van der Waals surface area (Å²) in [7, 11) is 0. The number of H-pyrrole nitrogens is 1. The van der Waals surface area contributed by atoms with Gasteiger partial charge in [-0.2, -0.15) is 5.10 Å². The highest BCUT2D eigenvalue weighted by Crippen LogP contribution is 2.15. The zero-order valence-corrected chi connectivity index (χ0v) is 7.79. The average Bonchev–Trinajstić information content (AvgIpc) is 2.65. The fraction of sp³-hybridized carbons (Fsp3) is 0.200. The van der Waals surface area contributed by atoms with Crippen LogP contribution in [0.5, 0.6) is 0 Å². The molecule has 0 aliphatic rings. The maximum atomic E-state index is 12.3. The number of alkyl halides is 1. The van der Waals surface area contributed by atoms with Gasteiger partial charge in [0.2, 0.25) is 0 Å². The van der Waals surface area contributed by atoms with E-state index in [1.807, 2.05) is 19.1 Å². The Kier molecular flexibility index (Phi) is 2.26. The predicted molar refractivity (Wildman–Crippen MR) is 51.4 cm³/mol. The Balaban J connectivity index is 2.41. The Morgan fingerprint density at radius 3 is 2.86 bits per heavy atom. The van der Waals surface area contributed by atoms with E-state index in [0.29, 0.717) is 11.4 Å². The zero-order chi connectivity index (χ0) is 9.97. The molecular weight excluding hydrogens is 181 g/mol. The van der Waals surface area contributed by atoms with Gasteiger partial charge in [0.15, 0.2) is 0 Å². The third-order valence-corrected chi connectivity index (χ3v) is 1.91. The van der Waals surface area contributed by atoms with E-state index in [1.165, 1.54) is 0 Å². The molecule has 0 unspecified atom stereocenters. The first-order chi connectivity index (χ1) is 6.79. The van der Waals surface area contributed by atoms with E-state index in [2.05, 4.69) is 15.2 Å². The van der Waals surface area contributed by atoms with Gasteiger partial charge in [-0.1, -0.05) is 6.07 Å². The van der Waals surface area contributed by atoms with Crippen LogP contribution in [0, 0.1) is 6.92 Å². The Hall–Kier alpha value is -1.71. The number of aryl methyl sites for hydroxylation is 1. The smallest absolute Gasteiger partial charge is 0.131 e. The second-order valence-electron chi connectivity index (χ2n) is 3.08. The molecule has 14 heavy (non-hydrogen) atoms. The van der Waals surface area contributed by atoms with Crippen LogP contribution in [0.2, 0.25) is 0 Å². The molecule has 0 atom stereocenters. The molecule has 72 valence electrons. The molecule has 2 aromatic heterocycles. The number of aromatic nitrogens is 3. The molecule has 2 rings (SSSR count). The summed E-state index contributed by atoms with van der Waals surface area (Å²) >= 11 is 0. The Labute approximate surface area is 81.0 Å². The first kappa shape index (κ1) is 8.87. The molecule has 0 aliphatic heterocycles. The van der Waals surface area contributed by atoms with Crippen LogP contribution in [0.1, 0.15) is 11.4 Å². The molecule has 2 aromatic rings. The van der Waals surface area contributed by atoms with Gasteiger partial charge in [-0.05, 0) is 25.1 Å². The fourth-order valence-corrected chi connectivity index (χ4v) is 1.25. The van der Waals surface area contributed by atoms with Crippen molar-refractivity contribution in [2.45, 2.75) is 13.6 Å². The molecule has 2 heterocycles. The number of nitrogens with one attached hydrogen (secondary N) is 1. The number of aromatic amines is 1. The van der Waals surface area contributed by atoms with Crippen LogP contribution in [-0.4, -0.2) is 15.2 Å². The number of hydrogen-bond acceptors (Lipinski definition) is 2. The lowest BCUT2D eigenvalue weighted by Crippen LogP contribution is -1.89. The number of hydrogen-bond donors (Lipinski definition) is 1. The van der Waals surface area contributed by atoms with Gasteiger partial charge < -0.3 is 0 Å². The minimum absolute atomic E-state index is 0.433. The second-order valence-corrected chi connectivity index (χ2v) is 3.08. The minimum Gasteiger partial charge on any atom is -0.282 e. The SMILES string of the molecule is Cc1cc(-c2cccc(CF)n2)n[nH]1. The first-order valence-electron chi connectivity index (χ1n) is 4.34. The summed E-state index contributed by atoms with van der Waals surface area (Å²) in [6, 6.07) is 7.13. The van der Waals surface area contributed by atoms with Gasteiger partial charge in [-0.15, -0.1) is 0 Å². The van der Waals surface area contributed by atoms with E-state index in [4.69, 9.17) is 0 Å². The first-order valence-corrected chi connectivity index (χ1v) is 4.34. The minimum atomic E-state index is -0.544. The van der Waals surface area contributed by atoms with Crippen LogP contribution in [0.25, 0.3) is 11.4 Å². The normalized spacial score (nSPS) is 10.4. The quantitative estimate of drug-likeness (QED) is 0.791. The molecule has 0 radical (unpaired) electrons. The second kappa shape index (κ2) is 3.57. The summed E-state index contributed by atoms with van der Waals surface area (Å²) in [6.45, 7) is 1.37. The topological polar surface area (TPSA) is 41.6 Å². The summed E-state index contributed by atoms with van der Waals surface area (Å²) < 4.78 is 12.3. The van der Waals surface area contributed by atoms with Gasteiger partial charge >= 0.3 is 0 Å². The highest BCUT2D eigenvalue weighted by Gasteiger charge is 2.03. The summed E-state index contributed by atoms with van der Waals surface area (Å²) in [5, 5.41) is 6.87. The van der Waals surface area contributed by atoms with Gasteiger partial charge in [-0.3, -0.25) is 5.10 Å². The van der Waals surface area contributed by atoms with E-state index in [1.54, 1.807) is 12.1 Å². The highest BCUT2D eigenvalue weighted by atomic mass is 19.1. The Bertz CT molecular complexity index is 436. The van der Waals surface area contributed by atoms with E-state index in [0.717, 1.165) is 11.4 Å². The molecule has 0 aromatic carbocycles. The summed E-state index contributed by atoms with van der Waals surface area (Å²) in [4.78, 5) is 4.12. The molecule has 0 bridgehead atoms. The number of halogens is 1. The molecule has 0 spiro atoms. The van der Waals surface area contributed by atoms with Gasteiger partial charge in [0.25, 0.3) is 0 Å². The van der Waals surface area contributed by atoms with Gasteiger partial charge in [-0.25, -0.2) is 9.37 Å². The third-order valence-electron chi connectivity index (χ3n) is 1.91. The summed E-state index contributed by atoms with van der Waals surface area (Å²) in [6.07, 6.45) is 0. The van der Waals surface area contributed by atoms with Gasteiger partial charge in [0.1, 0.15) is 12.4 Å². The molecule has 0 fully saturated rings. The Morgan fingerprint density at radius 1 is 1.36 bits per heavy atom. The van der Waals surface area contributed by atoms with Gasteiger partial charge in [0, 0.05) is 5.69 Å². The average molecular weight is 191 g/mol. The van der Waals surface area contributed by atoms with Crippen molar-refractivity contribution in [2.24, 2.45) is 0 Å². The predicted octanol–water partition coefficient (Wildman–Crippen LogP) is 2.25. The van der Waals surface area contributed by atoms with Gasteiger partial charge in [0.05, 0.1) is 11.4 Å². The van der Waals surface area contributed by atoms with E-state index < -0.39 is 6.67 Å². The monoisotopic (exact) mass is 191 g/mol. The zero-order valence-electron chi connectivity index (χ0n) is 7.79. The maximum absolute atomic E-state index is 12.3. The van der Waals surface area contributed by atoms with E-state index >= 15 is 0 Å². The van der Waals surface area contributed by atoms with Crippen LogP contribution in [0.3, 0.4) is 0 Å². The molecule has 0 amide bonds. The largest absolute Gasteiger partial charge is 0.282 e. The molecule has 4 heteroatoms. The maximum Gasteiger partial charge on any atom is 0.131 e. The highest BCUT2D eigenvalue weighted by molar-refractivity contribution is 5.54. The van der Waals surface area contributed by atoms with Crippen molar-refractivity contribution in [1.82, 2.24) is 15.2 Å². The van der Waals surface area contributed by atoms with E-state index in [9.17, 15) is 4.39 Å². The molecular formula is C10H10FN3. The van der Waals surface area contributed by atoms with Crippen molar-refractivity contribution in [3.8, 4) is 11.4 Å². The standard InChI is InChI=1S/C10H10FN3/c1-7-5-10(14-13-7)9-4-2-3-8(6-11)12-9/h2-5H,6H2,1H3,(H,13,14). The molecule has 0 saturated carbocycles. The molecule has 3 nitrogen and oxygen atoms in total. The fourth-order valence-electron chi connectivity index (χ4n) is 1.25. The molecule has 0 saturated heterocycles. The van der Waals surface area contributed by atoms with Crippen LogP contribution in [0.15, 0.2) is 24.3 Å². The summed E-state index contributed by atoms with van der Waals surface area (Å²) in [5.74, 6) is 0. The van der Waals surface area contributed by atoms with Crippen molar-refractivity contribution in [2.75, 3.05) is 0 Å². The van der Waals surface area contributed by atoms with Crippen molar-refractivity contribution < 1.29 is 4.39 Å². The van der Waals surface area contributed by atoms with Crippen molar-refractivity contribution >= 4 is 0 Å². The van der Waals surface area contributed by atoms with Crippen LogP contribution < -0.4 is 0 Å². The Morgan fingerprint density at radius 2 is 2.21 bits per heavy atom. The van der Waals surface area contributed by atoms with Crippen molar-refractivity contribution in [1.29, 1.82) is 0 Å². The number of rotatable bonds is 2. The lowest BCUT2D eigenvalue weighted by atomic mass is 10.2. The third kappa shape index (κ3) is 1.64. The lowest BCUT2D eigenvalue weighted by molar-refractivity contribution is 0.476. The van der Waals surface area contributed by atoms with Crippen LogP contribution in [-0.2, 0) is 6.67 Å². The van der Waals surface area contributed by atoms with Crippen LogP contribution >= 0.6 is 0 Å². The van der Waals surface area contributed by atoms with Crippen LogP contribution in [0.4, 0.5) is 4.39 Å². The lowest BCUT2D eigenvalue weighted by Gasteiger charge is -1.97. The van der Waals surface area contributed by atoms with E-state index in [-0.39, 0.29) is 0 Å². The summed E-state index contributed by atoms with van der Waals surface area (Å²) in [5.41, 5.74) is 2.85. The number of nitrogens with zero attached hydrogens (tertiary/aromatic N) is 2.